The standard InChI is InChI=1S/C28H34N2O3/c1-28(2,3)15-22-12-19(8-11-25(22)23-16-29-30(4)17-23)18-33-24-10-9-20-6-5-7-21(13-27(31)32)26(20)14-24/h8-12,14,16-17,21H,5-7,13,15,18H2,1-4H3,(H,31,32). The van der Waals surface area contributed by atoms with Crippen molar-refractivity contribution in [3.8, 4) is 16.9 Å². The van der Waals surface area contributed by atoms with Gasteiger partial charge in [-0.3, -0.25) is 9.48 Å². The summed E-state index contributed by atoms with van der Waals surface area (Å²) in [4.78, 5) is 11.3. The highest BCUT2D eigenvalue weighted by molar-refractivity contribution is 5.68. The molecule has 4 rings (SSSR count). The number of fused-ring (bicyclic) bond motifs is 1. The summed E-state index contributed by atoms with van der Waals surface area (Å²) in [7, 11) is 1.94. The second-order valence-corrected chi connectivity index (χ2v) is 10.5. The SMILES string of the molecule is Cn1cc(-c2ccc(COc3ccc4c(c3)C(CC(=O)O)CCC4)cc2CC(C)(C)C)cn1. The van der Waals surface area contributed by atoms with Gasteiger partial charge in [-0.05, 0) is 77.0 Å². The minimum atomic E-state index is -0.737. The molecule has 0 bridgehead atoms. The van der Waals surface area contributed by atoms with Gasteiger partial charge in [0.1, 0.15) is 12.4 Å². The van der Waals surface area contributed by atoms with Crippen molar-refractivity contribution < 1.29 is 14.6 Å². The largest absolute Gasteiger partial charge is 0.489 e. The smallest absolute Gasteiger partial charge is 0.303 e. The maximum absolute atomic E-state index is 11.3. The molecule has 0 spiro atoms. The zero-order valence-electron chi connectivity index (χ0n) is 20.1. The van der Waals surface area contributed by atoms with E-state index in [1.54, 1.807) is 0 Å². The molecule has 1 unspecified atom stereocenters. The summed E-state index contributed by atoms with van der Waals surface area (Å²) in [6.07, 6.45) is 8.09. The topological polar surface area (TPSA) is 64.3 Å². The van der Waals surface area contributed by atoms with Gasteiger partial charge in [-0.15, -0.1) is 0 Å². The average Bonchev–Trinajstić information content (AvgIpc) is 3.17. The molecule has 0 saturated carbocycles. The Bertz CT molecular complexity index is 1140. The number of carboxylic acid groups (broad SMARTS) is 1. The predicted octanol–water partition coefficient (Wildman–Crippen LogP) is 6.15. The van der Waals surface area contributed by atoms with Gasteiger partial charge in [0.25, 0.3) is 0 Å². The van der Waals surface area contributed by atoms with Gasteiger partial charge in [-0.25, -0.2) is 0 Å². The van der Waals surface area contributed by atoms with E-state index in [4.69, 9.17) is 4.74 Å². The van der Waals surface area contributed by atoms with Crippen LogP contribution in [0.3, 0.4) is 0 Å². The summed E-state index contributed by atoms with van der Waals surface area (Å²) in [6.45, 7) is 7.24. The molecule has 33 heavy (non-hydrogen) atoms. The van der Waals surface area contributed by atoms with Gasteiger partial charge in [0.2, 0.25) is 0 Å². The molecule has 1 aliphatic carbocycles. The molecule has 1 atom stereocenters. The maximum Gasteiger partial charge on any atom is 0.303 e. The van der Waals surface area contributed by atoms with E-state index >= 15 is 0 Å². The molecule has 2 aromatic carbocycles. The van der Waals surface area contributed by atoms with Crippen LogP contribution in [0.1, 0.15) is 68.2 Å². The number of carboxylic acids is 1. The van der Waals surface area contributed by atoms with Crippen LogP contribution in [-0.4, -0.2) is 20.9 Å². The Morgan fingerprint density at radius 1 is 1.21 bits per heavy atom. The lowest BCUT2D eigenvalue weighted by Gasteiger charge is -2.25. The quantitative estimate of drug-likeness (QED) is 0.473. The minimum absolute atomic E-state index is 0.0759. The molecule has 1 heterocycles. The van der Waals surface area contributed by atoms with Crippen LogP contribution in [0.25, 0.3) is 11.1 Å². The molecule has 5 nitrogen and oxygen atoms in total. The third-order valence-electron chi connectivity index (χ3n) is 6.29. The Morgan fingerprint density at radius 2 is 2.03 bits per heavy atom. The zero-order chi connectivity index (χ0) is 23.6. The van der Waals surface area contributed by atoms with Gasteiger partial charge in [0, 0.05) is 18.8 Å². The average molecular weight is 447 g/mol. The first-order chi connectivity index (χ1) is 15.7. The van der Waals surface area contributed by atoms with E-state index in [2.05, 4.69) is 62.4 Å². The molecule has 1 aromatic heterocycles. The highest BCUT2D eigenvalue weighted by Gasteiger charge is 2.23. The fraction of sp³-hybridized carbons (Fsp3) is 0.429. The molecule has 0 saturated heterocycles. The van der Waals surface area contributed by atoms with Crippen LogP contribution in [0, 0.1) is 5.41 Å². The van der Waals surface area contributed by atoms with Gasteiger partial charge in [0.05, 0.1) is 12.6 Å². The fourth-order valence-corrected chi connectivity index (χ4v) is 4.85. The second-order valence-electron chi connectivity index (χ2n) is 10.5. The lowest BCUT2D eigenvalue weighted by Crippen LogP contribution is -2.14. The van der Waals surface area contributed by atoms with E-state index in [0.29, 0.717) is 6.61 Å². The number of ether oxygens (including phenoxy) is 1. The van der Waals surface area contributed by atoms with Gasteiger partial charge >= 0.3 is 5.97 Å². The number of aliphatic carboxylic acids is 1. The van der Waals surface area contributed by atoms with Crippen LogP contribution in [0.15, 0.2) is 48.8 Å². The molecule has 0 radical (unpaired) electrons. The van der Waals surface area contributed by atoms with Crippen LogP contribution in [0.5, 0.6) is 5.75 Å². The summed E-state index contributed by atoms with van der Waals surface area (Å²) >= 11 is 0. The monoisotopic (exact) mass is 446 g/mol. The third-order valence-corrected chi connectivity index (χ3v) is 6.29. The van der Waals surface area contributed by atoms with Crippen molar-refractivity contribution in [2.24, 2.45) is 12.5 Å². The lowest BCUT2D eigenvalue weighted by molar-refractivity contribution is -0.137. The van der Waals surface area contributed by atoms with Crippen molar-refractivity contribution in [3.63, 3.8) is 0 Å². The maximum atomic E-state index is 11.3. The fourth-order valence-electron chi connectivity index (χ4n) is 4.85. The Hall–Kier alpha value is -3.08. The first-order valence-electron chi connectivity index (χ1n) is 11.8. The highest BCUT2D eigenvalue weighted by atomic mass is 16.5. The second kappa shape index (κ2) is 9.42. The number of aryl methyl sites for hydroxylation is 2. The summed E-state index contributed by atoms with van der Waals surface area (Å²) in [5.74, 6) is 0.144. The third kappa shape index (κ3) is 5.84. The van der Waals surface area contributed by atoms with Crippen molar-refractivity contribution >= 4 is 5.97 Å². The van der Waals surface area contributed by atoms with Crippen molar-refractivity contribution in [2.75, 3.05) is 0 Å². The molecule has 0 amide bonds. The number of carbonyl (C=O) groups is 1. The Kier molecular flexibility index (Phi) is 6.59. The molecular formula is C28H34N2O3. The van der Waals surface area contributed by atoms with Gasteiger partial charge in [-0.2, -0.15) is 5.10 Å². The van der Waals surface area contributed by atoms with Crippen molar-refractivity contribution in [1.82, 2.24) is 9.78 Å². The zero-order valence-corrected chi connectivity index (χ0v) is 20.1. The van der Waals surface area contributed by atoms with E-state index in [-0.39, 0.29) is 17.8 Å². The molecule has 174 valence electrons. The molecule has 0 aliphatic heterocycles. The van der Waals surface area contributed by atoms with E-state index in [0.717, 1.165) is 48.1 Å². The molecule has 1 aliphatic rings. The van der Waals surface area contributed by atoms with Crippen LogP contribution in [0.4, 0.5) is 0 Å². The first-order valence-corrected chi connectivity index (χ1v) is 11.8. The molecule has 5 heteroatoms. The van der Waals surface area contributed by atoms with Crippen molar-refractivity contribution in [3.05, 3.63) is 71.0 Å². The Balaban J connectivity index is 1.55. The number of hydrogen-bond acceptors (Lipinski definition) is 3. The molecule has 0 fully saturated rings. The van der Waals surface area contributed by atoms with Gasteiger partial charge < -0.3 is 9.84 Å². The van der Waals surface area contributed by atoms with E-state index < -0.39 is 5.97 Å². The summed E-state index contributed by atoms with van der Waals surface area (Å²) < 4.78 is 8.02. The summed E-state index contributed by atoms with van der Waals surface area (Å²) in [5, 5.41) is 13.6. The summed E-state index contributed by atoms with van der Waals surface area (Å²) in [6, 6.07) is 12.7. The minimum Gasteiger partial charge on any atom is -0.489 e. The number of aromatic nitrogens is 2. The van der Waals surface area contributed by atoms with Gasteiger partial charge in [-0.1, -0.05) is 45.0 Å². The van der Waals surface area contributed by atoms with E-state index in [1.165, 1.54) is 16.7 Å². The first kappa shape index (κ1) is 23.1. The molecule has 1 N–H and O–H groups in total. The van der Waals surface area contributed by atoms with Crippen LogP contribution < -0.4 is 4.74 Å². The predicted molar refractivity (Wildman–Crippen MR) is 131 cm³/mol. The normalized spacial score (nSPS) is 15.8. The Labute approximate surface area is 196 Å². The van der Waals surface area contributed by atoms with E-state index in [9.17, 15) is 9.90 Å². The number of benzene rings is 2. The van der Waals surface area contributed by atoms with Crippen LogP contribution in [0.2, 0.25) is 0 Å². The number of rotatable bonds is 7. The molecule has 3 aromatic rings. The highest BCUT2D eigenvalue weighted by Crippen LogP contribution is 2.36. The summed E-state index contributed by atoms with van der Waals surface area (Å²) in [5.41, 5.74) is 7.32. The van der Waals surface area contributed by atoms with Crippen LogP contribution in [-0.2, 0) is 31.3 Å². The van der Waals surface area contributed by atoms with Crippen LogP contribution >= 0.6 is 0 Å². The number of hydrogen-bond donors (Lipinski definition) is 1. The van der Waals surface area contributed by atoms with E-state index in [1.807, 2.05) is 24.0 Å². The van der Waals surface area contributed by atoms with Crippen molar-refractivity contribution in [1.29, 1.82) is 0 Å². The van der Waals surface area contributed by atoms with Crippen molar-refractivity contribution in [2.45, 2.75) is 65.4 Å². The Morgan fingerprint density at radius 3 is 2.73 bits per heavy atom. The number of nitrogens with zero attached hydrogens (tertiary/aromatic N) is 2. The molecular weight excluding hydrogens is 412 g/mol. The van der Waals surface area contributed by atoms with Gasteiger partial charge in [0.15, 0.2) is 0 Å². The lowest BCUT2D eigenvalue weighted by atomic mass is 9.81.